The number of hydrogen-bond donors (Lipinski definition) is 1. The first-order valence-electron chi connectivity index (χ1n) is 7.31. The van der Waals surface area contributed by atoms with Gasteiger partial charge in [-0.1, -0.05) is 13.8 Å². The number of carbonyl (C=O) groups is 1. The molecule has 1 heterocycles. The van der Waals surface area contributed by atoms with Crippen molar-refractivity contribution in [1.82, 2.24) is 10.2 Å². The molecule has 0 radical (unpaired) electrons. The van der Waals surface area contributed by atoms with E-state index in [0.29, 0.717) is 38.6 Å². The molecule has 122 valence electrons. The van der Waals surface area contributed by atoms with Crippen molar-refractivity contribution >= 4 is 11.7 Å². The van der Waals surface area contributed by atoms with Crippen LogP contribution in [0.4, 0.5) is 23.7 Å². The minimum Gasteiger partial charge on any atom is -0.366 e. The van der Waals surface area contributed by atoms with Crippen molar-refractivity contribution in [3.05, 3.63) is 29.6 Å². The Labute approximate surface area is 127 Å². The van der Waals surface area contributed by atoms with Crippen LogP contribution >= 0.6 is 0 Å². The first kappa shape index (κ1) is 16.5. The fraction of sp³-hybridized carbons (Fsp3) is 0.533. The number of urea groups is 1. The number of nitrogens with zero attached hydrogens (tertiary/aromatic N) is 2. The third-order valence-corrected chi connectivity index (χ3v) is 3.58. The number of benzene rings is 1. The first-order chi connectivity index (χ1) is 10.4. The second kappa shape index (κ2) is 6.89. The number of rotatable bonds is 3. The quantitative estimate of drug-likeness (QED) is 0.870. The summed E-state index contributed by atoms with van der Waals surface area (Å²) < 4.78 is 40.0. The monoisotopic (exact) mass is 315 g/mol. The smallest absolute Gasteiger partial charge is 0.317 e. The highest BCUT2D eigenvalue weighted by atomic mass is 19.2. The third kappa shape index (κ3) is 3.64. The van der Waals surface area contributed by atoms with Gasteiger partial charge in [0.25, 0.3) is 0 Å². The summed E-state index contributed by atoms with van der Waals surface area (Å²) in [6.07, 6.45) is 0. The van der Waals surface area contributed by atoms with Gasteiger partial charge >= 0.3 is 6.03 Å². The van der Waals surface area contributed by atoms with Crippen molar-refractivity contribution in [2.75, 3.05) is 37.6 Å². The Bertz CT molecular complexity index is 543. The lowest BCUT2D eigenvalue weighted by atomic mass is 10.2. The van der Waals surface area contributed by atoms with E-state index >= 15 is 0 Å². The number of halogens is 3. The summed E-state index contributed by atoms with van der Waals surface area (Å²) in [5.74, 6) is -3.48. The Morgan fingerprint density at radius 2 is 1.77 bits per heavy atom. The number of anilines is 1. The standard InChI is InChI=1S/C15H20F3N3O/c1-10(2)9-19-15(22)21-7-5-20(6-8-21)12-4-3-11(16)13(17)14(12)18/h3-4,10H,5-9H2,1-2H3,(H,19,22). The number of hydrogen-bond acceptors (Lipinski definition) is 2. The molecule has 22 heavy (non-hydrogen) atoms. The average Bonchev–Trinajstić information content (AvgIpc) is 2.51. The first-order valence-corrected chi connectivity index (χ1v) is 7.31. The van der Waals surface area contributed by atoms with Crippen molar-refractivity contribution in [2.24, 2.45) is 5.92 Å². The topological polar surface area (TPSA) is 35.6 Å². The van der Waals surface area contributed by atoms with Gasteiger partial charge in [-0.25, -0.2) is 18.0 Å². The lowest BCUT2D eigenvalue weighted by molar-refractivity contribution is 0.193. The molecule has 1 aromatic carbocycles. The fourth-order valence-electron chi connectivity index (χ4n) is 2.31. The van der Waals surface area contributed by atoms with E-state index in [2.05, 4.69) is 5.32 Å². The largest absolute Gasteiger partial charge is 0.366 e. The summed E-state index contributed by atoms with van der Waals surface area (Å²) in [7, 11) is 0. The number of carbonyl (C=O) groups excluding carboxylic acids is 1. The van der Waals surface area contributed by atoms with Gasteiger partial charge in [0.1, 0.15) is 0 Å². The maximum absolute atomic E-state index is 13.8. The van der Waals surface area contributed by atoms with Crippen molar-refractivity contribution in [2.45, 2.75) is 13.8 Å². The van der Waals surface area contributed by atoms with Crippen molar-refractivity contribution in [1.29, 1.82) is 0 Å². The minimum absolute atomic E-state index is 0.0288. The number of amides is 2. The van der Waals surface area contributed by atoms with E-state index in [1.165, 1.54) is 6.07 Å². The predicted octanol–water partition coefficient (Wildman–Crippen LogP) is 2.59. The second-order valence-corrected chi connectivity index (χ2v) is 5.75. The van der Waals surface area contributed by atoms with Crippen molar-refractivity contribution in [3.63, 3.8) is 0 Å². The van der Waals surface area contributed by atoms with Gasteiger partial charge in [0.15, 0.2) is 17.5 Å². The highest BCUT2D eigenvalue weighted by molar-refractivity contribution is 5.74. The van der Waals surface area contributed by atoms with E-state index in [-0.39, 0.29) is 11.7 Å². The molecule has 4 nitrogen and oxygen atoms in total. The molecule has 1 saturated heterocycles. The molecule has 1 fully saturated rings. The third-order valence-electron chi connectivity index (χ3n) is 3.58. The maximum Gasteiger partial charge on any atom is 0.317 e. The molecule has 7 heteroatoms. The molecular formula is C15H20F3N3O. The van der Waals surface area contributed by atoms with Crippen LogP contribution in [0.3, 0.4) is 0 Å². The molecule has 0 aromatic heterocycles. The fourth-order valence-corrected chi connectivity index (χ4v) is 2.31. The summed E-state index contributed by atoms with van der Waals surface area (Å²) in [4.78, 5) is 15.2. The van der Waals surface area contributed by atoms with Gasteiger partial charge in [-0.15, -0.1) is 0 Å². The van der Waals surface area contributed by atoms with Crippen LogP contribution in [0, 0.1) is 23.4 Å². The predicted molar refractivity (Wildman–Crippen MR) is 78.3 cm³/mol. The molecule has 0 unspecified atom stereocenters. The van der Waals surface area contributed by atoms with Crippen LogP contribution < -0.4 is 10.2 Å². The molecular weight excluding hydrogens is 295 g/mol. The Morgan fingerprint density at radius 3 is 2.36 bits per heavy atom. The molecule has 1 aliphatic heterocycles. The Kier molecular flexibility index (Phi) is 5.15. The van der Waals surface area contributed by atoms with Crippen molar-refractivity contribution in [3.8, 4) is 0 Å². The van der Waals surface area contributed by atoms with E-state index in [4.69, 9.17) is 0 Å². The molecule has 0 bridgehead atoms. The molecule has 0 saturated carbocycles. The van der Waals surface area contributed by atoms with E-state index in [9.17, 15) is 18.0 Å². The van der Waals surface area contributed by atoms with Crippen LogP contribution in [0.1, 0.15) is 13.8 Å². The van der Waals surface area contributed by atoms with E-state index < -0.39 is 17.5 Å². The molecule has 1 N–H and O–H groups in total. The molecule has 2 rings (SSSR count). The Balaban J connectivity index is 1.95. The van der Waals surface area contributed by atoms with Crippen LogP contribution in [0.5, 0.6) is 0 Å². The molecule has 2 amide bonds. The van der Waals surface area contributed by atoms with Gasteiger partial charge in [-0.05, 0) is 18.1 Å². The second-order valence-electron chi connectivity index (χ2n) is 5.75. The number of piperazine rings is 1. The van der Waals surface area contributed by atoms with Crippen LogP contribution in [-0.4, -0.2) is 43.7 Å². The molecule has 1 aliphatic rings. The minimum atomic E-state index is -1.46. The van der Waals surface area contributed by atoms with Crippen LogP contribution in [-0.2, 0) is 0 Å². The molecule has 0 atom stereocenters. The molecule has 0 aliphatic carbocycles. The summed E-state index contributed by atoms with van der Waals surface area (Å²) in [6, 6.07) is 1.98. The summed E-state index contributed by atoms with van der Waals surface area (Å²) >= 11 is 0. The van der Waals surface area contributed by atoms with Gasteiger partial charge in [-0.3, -0.25) is 0 Å². The van der Waals surface area contributed by atoms with Gasteiger partial charge in [-0.2, -0.15) is 0 Å². The highest BCUT2D eigenvalue weighted by Gasteiger charge is 2.24. The molecule has 1 aromatic rings. The zero-order valence-electron chi connectivity index (χ0n) is 12.7. The lowest BCUT2D eigenvalue weighted by Crippen LogP contribution is -2.52. The summed E-state index contributed by atoms with van der Waals surface area (Å²) in [5, 5.41) is 2.82. The van der Waals surface area contributed by atoms with Crippen molar-refractivity contribution < 1.29 is 18.0 Å². The van der Waals surface area contributed by atoms with Gasteiger partial charge in [0.05, 0.1) is 5.69 Å². The Hall–Kier alpha value is -1.92. The van der Waals surface area contributed by atoms with Gasteiger partial charge in [0, 0.05) is 32.7 Å². The van der Waals surface area contributed by atoms with Crippen LogP contribution in [0.15, 0.2) is 12.1 Å². The van der Waals surface area contributed by atoms with E-state index in [0.717, 1.165) is 6.07 Å². The average molecular weight is 315 g/mol. The van der Waals surface area contributed by atoms with E-state index in [1.807, 2.05) is 13.8 Å². The summed E-state index contributed by atoms with van der Waals surface area (Å²) in [5.41, 5.74) is 0.0288. The summed E-state index contributed by atoms with van der Waals surface area (Å²) in [6.45, 7) is 6.16. The van der Waals surface area contributed by atoms with E-state index in [1.54, 1.807) is 9.80 Å². The SMILES string of the molecule is CC(C)CNC(=O)N1CCN(c2ccc(F)c(F)c2F)CC1. The zero-order chi connectivity index (χ0) is 16.3. The Morgan fingerprint density at radius 1 is 1.14 bits per heavy atom. The van der Waals surface area contributed by atoms with Gasteiger partial charge in [0.2, 0.25) is 0 Å². The lowest BCUT2D eigenvalue weighted by Gasteiger charge is -2.36. The van der Waals surface area contributed by atoms with Crippen LogP contribution in [0.25, 0.3) is 0 Å². The van der Waals surface area contributed by atoms with Crippen LogP contribution in [0.2, 0.25) is 0 Å². The normalized spacial score (nSPS) is 15.4. The highest BCUT2D eigenvalue weighted by Crippen LogP contribution is 2.24. The maximum atomic E-state index is 13.8. The zero-order valence-corrected chi connectivity index (χ0v) is 12.7. The molecule has 0 spiro atoms. The number of nitrogens with one attached hydrogen (secondary N) is 1. The van der Waals surface area contributed by atoms with Gasteiger partial charge < -0.3 is 15.1 Å².